The summed E-state index contributed by atoms with van der Waals surface area (Å²) >= 11 is 0. The molecule has 0 unspecified atom stereocenters. The minimum Gasteiger partial charge on any atom is -0.376 e. The maximum Gasteiger partial charge on any atom is 0.272 e. The lowest BCUT2D eigenvalue weighted by Crippen LogP contribution is -2.35. The Morgan fingerprint density at radius 2 is 2.12 bits per heavy atom. The van der Waals surface area contributed by atoms with Crippen molar-refractivity contribution in [1.82, 2.24) is 14.9 Å². The molecule has 0 N–H and O–H groups in total. The zero-order chi connectivity index (χ0) is 17.1. The predicted octanol–water partition coefficient (Wildman–Crippen LogP) is 2.94. The molecule has 0 aromatic carbocycles. The van der Waals surface area contributed by atoms with Crippen molar-refractivity contribution < 1.29 is 9.53 Å². The van der Waals surface area contributed by atoms with E-state index in [2.05, 4.69) is 9.97 Å². The first-order chi connectivity index (χ1) is 12.3. The molecular formula is C20H23N3O2. The number of ether oxygens (including phenoxy) is 1. The van der Waals surface area contributed by atoms with Crippen molar-refractivity contribution in [3.8, 4) is 0 Å². The summed E-state index contributed by atoms with van der Waals surface area (Å²) in [6.45, 7) is 2.93. The molecule has 2 atom stereocenters. The first kappa shape index (κ1) is 16.2. The van der Waals surface area contributed by atoms with Crippen LogP contribution in [0.2, 0.25) is 0 Å². The number of aromatic nitrogens is 2. The highest BCUT2D eigenvalue weighted by molar-refractivity contribution is 5.92. The minimum absolute atomic E-state index is 0.0449. The SMILES string of the molecule is O=C(c1ccccn1)N1C[C@H]2CCC[C@@]2(COCc2ccncc2)C1. The molecule has 2 fully saturated rings. The predicted molar refractivity (Wildman–Crippen MR) is 93.8 cm³/mol. The van der Waals surface area contributed by atoms with E-state index in [4.69, 9.17) is 4.74 Å². The minimum atomic E-state index is 0.0449. The van der Waals surface area contributed by atoms with E-state index in [9.17, 15) is 4.79 Å². The maximum absolute atomic E-state index is 12.7. The summed E-state index contributed by atoms with van der Waals surface area (Å²) in [6, 6.07) is 9.46. The monoisotopic (exact) mass is 337 g/mol. The number of amides is 1. The lowest BCUT2D eigenvalue weighted by molar-refractivity contribution is 0.0265. The van der Waals surface area contributed by atoms with Crippen LogP contribution in [0.4, 0.5) is 0 Å². The van der Waals surface area contributed by atoms with Gasteiger partial charge in [-0.25, -0.2) is 0 Å². The standard InChI is InChI=1S/C20H23N3O2/c24-19(18-5-1-2-9-22-18)23-12-17-4-3-8-20(17,14-23)15-25-13-16-6-10-21-11-7-16/h1-2,5-7,9-11,17H,3-4,8,12-15H2/t17-,20+/m1/s1. The Morgan fingerprint density at radius 1 is 1.24 bits per heavy atom. The Balaban J connectivity index is 1.41. The Bertz CT molecular complexity index is 722. The van der Waals surface area contributed by atoms with Crippen molar-refractivity contribution in [3.05, 3.63) is 60.2 Å². The summed E-state index contributed by atoms with van der Waals surface area (Å²) in [5, 5.41) is 0. The van der Waals surface area contributed by atoms with Gasteiger partial charge in [0.1, 0.15) is 5.69 Å². The number of nitrogens with zero attached hydrogens (tertiary/aromatic N) is 3. The van der Waals surface area contributed by atoms with Gasteiger partial charge in [-0.1, -0.05) is 12.5 Å². The molecule has 5 nitrogen and oxygen atoms in total. The molecule has 5 heteroatoms. The molecule has 1 saturated heterocycles. The second-order valence-corrected chi connectivity index (χ2v) is 7.20. The molecule has 0 radical (unpaired) electrons. The fourth-order valence-corrected chi connectivity index (χ4v) is 4.31. The van der Waals surface area contributed by atoms with Crippen LogP contribution in [0.25, 0.3) is 0 Å². The molecule has 2 aromatic heterocycles. The highest BCUT2D eigenvalue weighted by atomic mass is 16.5. The number of likely N-dealkylation sites (tertiary alicyclic amines) is 1. The highest BCUT2D eigenvalue weighted by Gasteiger charge is 2.50. The number of hydrogen-bond acceptors (Lipinski definition) is 4. The van der Waals surface area contributed by atoms with E-state index < -0.39 is 0 Å². The number of carbonyl (C=O) groups is 1. The highest BCUT2D eigenvalue weighted by Crippen LogP contribution is 2.49. The third-order valence-corrected chi connectivity index (χ3v) is 5.62. The van der Waals surface area contributed by atoms with Gasteiger partial charge in [0.25, 0.3) is 5.91 Å². The van der Waals surface area contributed by atoms with Gasteiger partial charge < -0.3 is 9.64 Å². The van der Waals surface area contributed by atoms with Gasteiger partial charge in [0, 0.05) is 37.1 Å². The maximum atomic E-state index is 12.7. The molecule has 1 amide bonds. The van der Waals surface area contributed by atoms with Crippen LogP contribution in [0.3, 0.4) is 0 Å². The zero-order valence-electron chi connectivity index (χ0n) is 14.3. The van der Waals surface area contributed by atoms with Crippen LogP contribution in [0.15, 0.2) is 48.9 Å². The van der Waals surface area contributed by atoms with Gasteiger partial charge in [-0.3, -0.25) is 14.8 Å². The second-order valence-electron chi connectivity index (χ2n) is 7.20. The first-order valence-corrected chi connectivity index (χ1v) is 8.94. The lowest BCUT2D eigenvalue weighted by Gasteiger charge is -2.28. The third kappa shape index (κ3) is 3.29. The Morgan fingerprint density at radius 3 is 2.92 bits per heavy atom. The zero-order valence-corrected chi connectivity index (χ0v) is 14.3. The van der Waals surface area contributed by atoms with Crippen molar-refractivity contribution in [1.29, 1.82) is 0 Å². The average molecular weight is 337 g/mol. The van der Waals surface area contributed by atoms with Gasteiger partial charge in [-0.15, -0.1) is 0 Å². The van der Waals surface area contributed by atoms with Gasteiger partial charge in [-0.2, -0.15) is 0 Å². The van der Waals surface area contributed by atoms with E-state index in [0.717, 1.165) is 25.1 Å². The smallest absolute Gasteiger partial charge is 0.272 e. The fourth-order valence-electron chi connectivity index (χ4n) is 4.31. The Kier molecular flexibility index (Phi) is 4.49. The summed E-state index contributed by atoms with van der Waals surface area (Å²) in [4.78, 5) is 23.0. The average Bonchev–Trinajstić information content (AvgIpc) is 3.20. The van der Waals surface area contributed by atoms with Crippen LogP contribution in [-0.2, 0) is 11.3 Å². The molecule has 3 heterocycles. The molecule has 4 rings (SSSR count). The summed E-state index contributed by atoms with van der Waals surface area (Å²) in [6.07, 6.45) is 8.81. The number of fused-ring (bicyclic) bond motifs is 1. The molecule has 1 aliphatic carbocycles. The topological polar surface area (TPSA) is 55.3 Å². The van der Waals surface area contributed by atoms with Crippen LogP contribution >= 0.6 is 0 Å². The van der Waals surface area contributed by atoms with Crippen LogP contribution in [0, 0.1) is 11.3 Å². The third-order valence-electron chi connectivity index (χ3n) is 5.62. The summed E-state index contributed by atoms with van der Waals surface area (Å²) in [7, 11) is 0. The molecule has 0 spiro atoms. The largest absolute Gasteiger partial charge is 0.376 e. The van der Waals surface area contributed by atoms with Crippen molar-refractivity contribution >= 4 is 5.91 Å². The van der Waals surface area contributed by atoms with Gasteiger partial charge >= 0.3 is 0 Å². The molecule has 1 aliphatic heterocycles. The van der Waals surface area contributed by atoms with E-state index in [1.165, 1.54) is 12.8 Å². The summed E-state index contributed by atoms with van der Waals surface area (Å²) < 4.78 is 6.06. The van der Waals surface area contributed by atoms with Gasteiger partial charge in [0.05, 0.1) is 13.2 Å². The molecule has 1 saturated carbocycles. The van der Waals surface area contributed by atoms with Crippen molar-refractivity contribution in [3.63, 3.8) is 0 Å². The van der Waals surface area contributed by atoms with Crippen LogP contribution < -0.4 is 0 Å². The Hall–Kier alpha value is -2.27. The normalized spacial score (nSPS) is 25.1. The van der Waals surface area contributed by atoms with Crippen molar-refractivity contribution in [2.24, 2.45) is 11.3 Å². The molecule has 2 aromatic rings. The first-order valence-electron chi connectivity index (χ1n) is 8.94. The van der Waals surface area contributed by atoms with Crippen molar-refractivity contribution in [2.75, 3.05) is 19.7 Å². The van der Waals surface area contributed by atoms with Crippen LogP contribution in [-0.4, -0.2) is 40.5 Å². The fraction of sp³-hybridized carbons (Fsp3) is 0.450. The van der Waals surface area contributed by atoms with Crippen molar-refractivity contribution in [2.45, 2.75) is 25.9 Å². The van der Waals surface area contributed by atoms with E-state index in [0.29, 0.717) is 24.8 Å². The van der Waals surface area contributed by atoms with E-state index in [-0.39, 0.29) is 11.3 Å². The summed E-state index contributed by atoms with van der Waals surface area (Å²) in [5.41, 5.74) is 1.79. The number of carbonyl (C=O) groups excluding carboxylic acids is 1. The molecule has 25 heavy (non-hydrogen) atoms. The molecule has 130 valence electrons. The molecular weight excluding hydrogens is 314 g/mol. The van der Waals surface area contributed by atoms with Gasteiger partial charge in [0.15, 0.2) is 0 Å². The quantitative estimate of drug-likeness (QED) is 0.842. The van der Waals surface area contributed by atoms with E-state index in [1.54, 1.807) is 24.7 Å². The van der Waals surface area contributed by atoms with Gasteiger partial charge in [-0.05, 0) is 48.6 Å². The summed E-state index contributed by atoms with van der Waals surface area (Å²) in [5.74, 6) is 0.584. The Labute approximate surface area is 148 Å². The lowest BCUT2D eigenvalue weighted by atomic mass is 9.81. The number of hydrogen-bond donors (Lipinski definition) is 0. The van der Waals surface area contributed by atoms with E-state index in [1.807, 2.05) is 29.2 Å². The van der Waals surface area contributed by atoms with Crippen LogP contribution in [0.5, 0.6) is 0 Å². The molecule has 0 bridgehead atoms. The number of pyridine rings is 2. The van der Waals surface area contributed by atoms with Crippen LogP contribution in [0.1, 0.15) is 35.3 Å². The number of rotatable bonds is 5. The van der Waals surface area contributed by atoms with Gasteiger partial charge in [0.2, 0.25) is 0 Å². The second kappa shape index (κ2) is 6.92. The van der Waals surface area contributed by atoms with E-state index >= 15 is 0 Å². The molecule has 2 aliphatic rings.